The molecule has 0 spiro atoms. The molecule has 2 fully saturated rings. The lowest BCUT2D eigenvalue weighted by Crippen LogP contribution is -2.46. The molecule has 1 atom stereocenters. The lowest BCUT2D eigenvalue weighted by molar-refractivity contribution is -0.150. The van der Waals surface area contributed by atoms with Crippen LogP contribution in [0.15, 0.2) is 41.8 Å². The molecule has 2 aliphatic rings. The molecule has 3 heterocycles. The fourth-order valence-electron chi connectivity index (χ4n) is 5.49. The highest BCUT2D eigenvalue weighted by molar-refractivity contribution is 7.17. The number of thiophene rings is 1. The highest BCUT2D eigenvalue weighted by atomic mass is 32.1. The summed E-state index contributed by atoms with van der Waals surface area (Å²) in [6.45, 7) is 9.06. The van der Waals surface area contributed by atoms with Crippen LogP contribution in [0.3, 0.4) is 0 Å². The topological polar surface area (TPSA) is 45.7 Å². The Bertz CT molecular complexity index is 1110. The van der Waals surface area contributed by atoms with Crippen LogP contribution in [0.4, 0.5) is 5.82 Å². The number of hydrogen-bond acceptors (Lipinski definition) is 6. The molecular formula is C28H35N3O2S. The Kier molecular flexibility index (Phi) is 7.16. The van der Waals surface area contributed by atoms with Crippen LogP contribution in [0.2, 0.25) is 0 Å². The van der Waals surface area contributed by atoms with Crippen molar-refractivity contribution in [3.05, 3.63) is 47.3 Å². The number of ether oxygens (including phenoxy) is 1. The van der Waals surface area contributed by atoms with Crippen LogP contribution < -0.4 is 4.90 Å². The Balaban J connectivity index is 1.43. The largest absolute Gasteiger partial charge is 0.457 e. The minimum absolute atomic E-state index is 0.149. The average molecular weight is 478 g/mol. The number of fused-ring (bicyclic) bond motifs is 1. The Morgan fingerprint density at radius 2 is 1.82 bits per heavy atom. The number of anilines is 1. The van der Waals surface area contributed by atoms with Crippen LogP contribution in [-0.4, -0.2) is 48.6 Å². The van der Waals surface area contributed by atoms with Gasteiger partial charge >= 0.3 is 5.97 Å². The predicted octanol–water partition coefficient (Wildman–Crippen LogP) is 6.29. The lowest BCUT2D eigenvalue weighted by atomic mass is 9.82. The van der Waals surface area contributed by atoms with Crippen molar-refractivity contribution in [1.29, 1.82) is 0 Å². The van der Waals surface area contributed by atoms with E-state index in [1.807, 2.05) is 0 Å². The zero-order chi connectivity index (χ0) is 23.5. The van der Waals surface area contributed by atoms with Gasteiger partial charge in [-0.15, -0.1) is 11.3 Å². The molecule has 1 aliphatic heterocycles. The molecule has 3 aromatic rings. The molecule has 0 N–H and O–H groups in total. The maximum absolute atomic E-state index is 11.8. The molecular weight excluding hydrogens is 442 g/mol. The van der Waals surface area contributed by atoms with Crippen molar-refractivity contribution >= 4 is 33.2 Å². The van der Waals surface area contributed by atoms with Gasteiger partial charge < -0.3 is 14.5 Å². The number of rotatable bonds is 6. The third kappa shape index (κ3) is 4.98. The van der Waals surface area contributed by atoms with Gasteiger partial charge in [-0.05, 0) is 47.8 Å². The molecule has 180 valence electrons. The van der Waals surface area contributed by atoms with E-state index in [2.05, 4.69) is 58.5 Å². The zero-order valence-electron chi connectivity index (χ0n) is 20.3. The number of nitrogens with zero attached hydrogens (tertiary/aromatic N) is 3. The number of hydrogen-bond donors (Lipinski definition) is 0. The van der Waals surface area contributed by atoms with Crippen LogP contribution in [-0.2, 0) is 9.53 Å². The molecule has 0 radical (unpaired) electrons. The Morgan fingerprint density at radius 3 is 2.50 bits per heavy atom. The van der Waals surface area contributed by atoms with Gasteiger partial charge in [-0.25, -0.2) is 4.98 Å². The minimum atomic E-state index is -0.197. The summed E-state index contributed by atoms with van der Waals surface area (Å²) >= 11 is 1.78. The molecule has 0 bridgehead atoms. The number of likely N-dealkylation sites (N-methyl/N-ethyl adjacent to an activating group) is 1. The van der Waals surface area contributed by atoms with Crippen molar-refractivity contribution in [2.75, 3.05) is 37.6 Å². The van der Waals surface area contributed by atoms with Gasteiger partial charge in [-0.2, -0.15) is 0 Å². The lowest BCUT2D eigenvalue weighted by Gasteiger charge is -2.35. The van der Waals surface area contributed by atoms with E-state index in [4.69, 9.17) is 9.72 Å². The monoisotopic (exact) mass is 477 g/mol. The number of piperazine rings is 1. The van der Waals surface area contributed by atoms with Crippen molar-refractivity contribution in [3.63, 3.8) is 0 Å². The van der Waals surface area contributed by atoms with E-state index in [1.54, 1.807) is 11.3 Å². The summed E-state index contributed by atoms with van der Waals surface area (Å²) in [5, 5.41) is 3.42. The van der Waals surface area contributed by atoms with E-state index in [1.165, 1.54) is 36.3 Å². The van der Waals surface area contributed by atoms with E-state index in [0.29, 0.717) is 5.92 Å². The maximum atomic E-state index is 11.8. The first kappa shape index (κ1) is 23.3. The van der Waals surface area contributed by atoms with E-state index >= 15 is 0 Å². The zero-order valence-corrected chi connectivity index (χ0v) is 21.2. The Hall–Kier alpha value is -2.44. The van der Waals surface area contributed by atoms with Gasteiger partial charge in [0.15, 0.2) is 0 Å². The maximum Gasteiger partial charge on any atom is 0.303 e. The van der Waals surface area contributed by atoms with Gasteiger partial charge in [0.25, 0.3) is 0 Å². The molecule has 0 amide bonds. The summed E-state index contributed by atoms with van der Waals surface area (Å²) < 4.78 is 7.10. The number of esters is 1. The first-order chi connectivity index (χ1) is 16.6. The van der Waals surface area contributed by atoms with Crippen molar-refractivity contribution in [2.45, 2.75) is 52.1 Å². The number of pyridine rings is 1. The van der Waals surface area contributed by atoms with E-state index in [-0.39, 0.29) is 12.1 Å². The quantitative estimate of drug-likeness (QED) is 0.391. The van der Waals surface area contributed by atoms with Gasteiger partial charge in [-0.3, -0.25) is 4.79 Å². The standard InChI is InChI=1S/C28H35N3O2S/c1-3-30-14-16-31(17-15-30)28-27-24(13-18-34-27)19-25(29-28)21-9-11-23(12-10-21)26(33-20(2)32)22-7-5-4-6-8-22/h9-13,18-19,22,26H,3-8,14-17H2,1-2H3. The van der Waals surface area contributed by atoms with Crippen LogP contribution in [0, 0.1) is 5.92 Å². The molecule has 1 unspecified atom stereocenters. The van der Waals surface area contributed by atoms with Crippen molar-refractivity contribution < 1.29 is 9.53 Å². The van der Waals surface area contributed by atoms with Gasteiger partial charge in [-0.1, -0.05) is 50.5 Å². The van der Waals surface area contributed by atoms with Crippen LogP contribution in [0.1, 0.15) is 57.6 Å². The SMILES string of the molecule is CCN1CCN(c2nc(-c3ccc(C(OC(C)=O)C4CCCCC4)cc3)cc3ccsc23)CC1. The van der Waals surface area contributed by atoms with E-state index < -0.39 is 0 Å². The van der Waals surface area contributed by atoms with Gasteiger partial charge in [0.1, 0.15) is 11.9 Å². The van der Waals surface area contributed by atoms with Crippen molar-refractivity contribution in [1.82, 2.24) is 9.88 Å². The fraction of sp³-hybridized carbons (Fsp3) is 0.500. The van der Waals surface area contributed by atoms with E-state index in [0.717, 1.165) is 68.2 Å². The van der Waals surface area contributed by atoms with Crippen LogP contribution >= 0.6 is 11.3 Å². The molecule has 1 aromatic carbocycles. The minimum Gasteiger partial charge on any atom is -0.457 e. The molecule has 1 saturated carbocycles. The number of carbonyl (C=O) groups is 1. The van der Waals surface area contributed by atoms with Gasteiger partial charge in [0, 0.05) is 44.6 Å². The first-order valence-corrected chi connectivity index (χ1v) is 13.6. The summed E-state index contributed by atoms with van der Waals surface area (Å²) in [5.41, 5.74) is 3.21. The van der Waals surface area contributed by atoms with Crippen LogP contribution in [0.5, 0.6) is 0 Å². The first-order valence-electron chi connectivity index (χ1n) is 12.8. The Labute approximate surface area is 206 Å². The average Bonchev–Trinajstić information content (AvgIpc) is 3.36. The number of aromatic nitrogens is 1. The second-order valence-corrected chi connectivity index (χ2v) is 10.6. The summed E-state index contributed by atoms with van der Waals surface area (Å²) in [7, 11) is 0. The fourth-order valence-corrected chi connectivity index (χ4v) is 6.39. The summed E-state index contributed by atoms with van der Waals surface area (Å²) in [4.78, 5) is 22.0. The normalized spacial score (nSPS) is 18.8. The second-order valence-electron chi connectivity index (χ2n) is 9.64. The Morgan fingerprint density at radius 1 is 1.09 bits per heavy atom. The van der Waals surface area contributed by atoms with E-state index in [9.17, 15) is 4.79 Å². The third-order valence-electron chi connectivity index (χ3n) is 7.44. The highest BCUT2D eigenvalue weighted by Gasteiger charge is 2.28. The molecule has 6 heteroatoms. The molecule has 1 saturated heterocycles. The van der Waals surface area contributed by atoms with Gasteiger partial charge in [0.05, 0.1) is 10.4 Å². The van der Waals surface area contributed by atoms with Gasteiger partial charge in [0.2, 0.25) is 0 Å². The molecule has 5 nitrogen and oxygen atoms in total. The molecule has 5 rings (SSSR count). The summed E-state index contributed by atoms with van der Waals surface area (Å²) in [6.07, 6.45) is 5.84. The summed E-state index contributed by atoms with van der Waals surface area (Å²) in [6, 6.07) is 13.0. The third-order valence-corrected chi connectivity index (χ3v) is 8.37. The number of carbonyl (C=O) groups excluding carboxylic acids is 1. The number of benzene rings is 1. The van der Waals surface area contributed by atoms with Crippen molar-refractivity contribution in [2.24, 2.45) is 5.92 Å². The molecule has 2 aromatic heterocycles. The smallest absolute Gasteiger partial charge is 0.303 e. The van der Waals surface area contributed by atoms with Crippen molar-refractivity contribution in [3.8, 4) is 11.3 Å². The predicted molar refractivity (Wildman–Crippen MR) is 140 cm³/mol. The molecule has 34 heavy (non-hydrogen) atoms. The van der Waals surface area contributed by atoms with Crippen LogP contribution in [0.25, 0.3) is 21.3 Å². The molecule has 1 aliphatic carbocycles. The summed E-state index contributed by atoms with van der Waals surface area (Å²) in [5.74, 6) is 1.33. The highest BCUT2D eigenvalue weighted by Crippen LogP contribution is 2.38. The second kappa shape index (κ2) is 10.4.